The number of amides is 1. The summed E-state index contributed by atoms with van der Waals surface area (Å²) < 4.78 is 5.81. The molecule has 24 heavy (non-hydrogen) atoms. The largest absolute Gasteiger partial charge is 0.489 e. The van der Waals surface area contributed by atoms with E-state index in [4.69, 9.17) is 10.5 Å². The summed E-state index contributed by atoms with van der Waals surface area (Å²) in [6.45, 7) is 0.421. The summed E-state index contributed by atoms with van der Waals surface area (Å²) in [6, 6.07) is 17.6. The molecule has 1 aliphatic rings. The lowest BCUT2D eigenvalue weighted by Crippen LogP contribution is -2.34. The molecule has 0 bridgehead atoms. The Kier molecular flexibility index (Phi) is 5.49. The third kappa shape index (κ3) is 4.36. The fourth-order valence-electron chi connectivity index (χ4n) is 3.15. The number of hydrogen-bond donors (Lipinski definition) is 2. The lowest BCUT2D eigenvalue weighted by atomic mass is 9.85. The second-order valence-electron chi connectivity index (χ2n) is 6.37. The maximum Gasteiger partial charge on any atom is 0.227 e. The Hall–Kier alpha value is -2.33. The Bertz CT molecular complexity index is 672. The van der Waals surface area contributed by atoms with Gasteiger partial charge in [0.15, 0.2) is 0 Å². The van der Waals surface area contributed by atoms with Gasteiger partial charge in [-0.25, -0.2) is 0 Å². The number of nitrogens with two attached hydrogens (primary N) is 1. The van der Waals surface area contributed by atoms with Gasteiger partial charge in [-0.15, -0.1) is 0 Å². The smallest absolute Gasteiger partial charge is 0.227 e. The molecule has 0 saturated heterocycles. The first-order chi connectivity index (χ1) is 11.7. The monoisotopic (exact) mass is 324 g/mol. The first-order valence-corrected chi connectivity index (χ1v) is 8.54. The minimum absolute atomic E-state index is 0.0110. The zero-order valence-corrected chi connectivity index (χ0v) is 13.8. The molecule has 1 amide bonds. The van der Waals surface area contributed by atoms with Crippen LogP contribution < -0.4 is 15.8 Å². The molecule has 4 nitrogen and oxygen atoms in total. The van der Waals surface area contributed by atoms with E-state index in [2.05, 4.69) is 5.32 Å². The van der Waals surface area contributed by atoms with Gasteiger partial charge in [0.25, 0.3) is 0 Å². The predicted octanol–water partition coefficient (Wildman–Crippen LogP) is 3.72. The molecule has 2 atom stereocenters. The molecule has 1 fully saturated rings. The van der Waals surface area contributed by atoms with Crippen LogP contribution in [0.1, 0.15) is 31.2 Å². The van der Waals surface area contributed by atoms with Crippen LogP contribution in [-0.4, -0.2) is 11.9 Å². The number of carbonyl (C=O) groups excluding carboxylic acids is 1. The van der Waals surface area contributed by atoms with Crippen molar-refractivity contribution in [2.24, 2.45) is 11.7 Å². The summed E-state index contributed by atoms with van der Waals surface area (Å²) in [5.74, 6) is 0.894. The number of hydrogen-bond acceptors (Lipinski definition) is 3. The third-order valence-corrected chi connectivity index (χ3v) is 4.50. The molecular weight excluding hydrogens is 300 g/mol. The number of anilines is 1. The topological polar surface area (TPSA) is 64.4 Å². The molecule has 126 valence electrons. The molecule has 3 N–H and O–H groups in total. The van der Waals surface area contributed by atoms with Crippen molar-refractivity contribution in [3.05, 3.63) is 60.2 Å². The normalized spacial score (nSPS) is 20.4. The van der Waals surface area contributed by atoms with E-state index in [1.165, 1.54) is 0 Å². The lowest BCUT2D eigenvalue weighted by molar-refractivity contribution is -0.120. The minimum atomic E-state index is 0.0110. The van der Waals surface area contributed by atoms with Crippen LogP contribution in [0.2, 0.25) is 0 Å². The van der Waals surface area contributed by atoms with E-state index in [0.29, 0.717) is 6.61 Å². The van der Waals surface area contributed by atoms with Crippen LogP contribution in [0, 0.1) is 5.92 Å². The molecule has 0 radical (unpaired) electrons. The van der Waals surface area contributed by atoms with Crippen LogP contribution in [0.3, 0.4) is 0 Å². The van der Waals surface area contributed by atoms with E-state index in [-0.39, 0.29) is 17.9 Å². The standard InChI is InChI=1S/C20H24N2O2/c21-17-9-6-8-15(13-17)20(23)22-19-12-5-4-7-16(19)14-24-18-10-2-1-3-11-18/h1-5,7,10-12,15,17H,6,8-9,13-14,21H2,(H,22,23). The van der Waals surface area contributed by atoms with Gasteiger partial charge in [-0.05, 0) is 37.5 Å². The number of para-hydroxylation sites is 2. The summed E-state index contributed by atoms with van der Waals surface area (Å²) in [6.07, 6.45) is 3.74. The lowest BCUT2D eigenvalue weighted by Gasteiger charge is -2.26. The van der Waals surface area contributed by atoms with Crippen molar-refractivity contribution < 1.29 is 9.53 Å². The summed E-state index contributed by atoms with van der Waals surface area (Å²) in [5.41, 5.74) is 7.78. The molecule has 2 aromatic rings. The highest BCUT2D eigenvalue weighted by molar-refractivity contribution is 5.93. The molecule has 2 unspecified atom stereocenters. The number of rotatable bonds is 5. The maximum absolute atomic E-state index is 12.5. The fraction of sp³-hybridized carbons (Fsp3) is 0.350. The summed E-state index contributed by atoms with van der Waals surface area (Å²) in [4.78, 5) is 12.5. The Morgan fingerprint density at radius 2 is 1.83 bits per heavy atom. The van der Waals surface area contributed by atoms with Crippen LogP contribution in [0.25, 0.3) is 0 Å². The van der Waals surface area contributed by atoms with Gasteiger partial charge in [-0.3, -0.25) is 4.79 Å². The zero-order valence-electron chi connectivity index (χ0n) is 13.8. The molecule has 3 rings (SSSR count). The molecule has 0 spiro atoms. The van der Waals surface area contributed by atoms with Crippen LogP contribution >= 0.6 is 0 Å². The number of ether oxygens (including phenoxy) is 1. The SMILES string of the molecule is NC1CCCC(C(=O)Nc2ccccc2COc2ccccc2)C1. The second kappa shape index (κ2) is 7.97. The first-order valence-electron chi connectivity index (χ1n) is 8.54. The van der Waals surface area contributed by atoms with Gasteiger partial charge in [0.2, 0.25) is 5.91 Å². The average Bonchev–Trinajstić information content (AvgIpc) is 2.62. The molecular formula is C20H24N2O2. The van der Waals surface area contributed by atoms with Gasteiger partial charge in [0, 0.05) is 23.2 Å². The van der Waals surface area contributed by atoms with E-state index in [1.54, 1.807) is 0 Å². The van der Waals surface area contributed by atoms with Crippen molar-refractivity contribution in [2.45, 2.75) is 38.3 Å². The van der Waals surface area contributed by atoms with Gasteiger partial charge in [0.1, 0.15) is 12.4 Å². The van der Waals surface area contributed by atoms with Crippen LogP contribution in [0.5, 0.6) is 5.75 Å². The Balaban J connectivity index is 1.64. The Labute approximate surface area is 143 Å². The second-order valence-corrected chi connectivity index (χ2v) is 6.37. The van der Waals surface area contributed by atoms with Crippen molar-refractivity contribution in [1.82, 2.24) is 0 Å². The Morgan fingerprint density at radius 3 is 2.62 bits per heavy atom. The summed E-state index contributed by atoms with van der Waals surface area (Å²) in [5, 5.41) is 3.06. The van der Waals surface area contributed by atoms with Gasteiger partial charge >= 0.3 is 0 Å². The number of carbonyl (C=O) groups is 1. The van der Waals surface area contributed by atoms with Crippen LogP contribution in [-0.2, 0) is 11.4 Å². The highest BCUT2D eigenvalue weighted by Crippen LogP contribution is 2.26. The van der Waals surface area contributed by atoms with Crippen molar-refractivity contribution in [1.29, 1.82) is 0 Å². The summed E-state index contributed by atoms with van der Waals surface area (Å²) in [7, 11) is 0. The molecule has 1 aliphatic carbocycles. The highest BCUT2D eigenvalue weighted by Gasteiger charge is 2.25. The van der Waals surface area contributed by atoms with Crippen molar-refractivity contribution >= 4 is 11.6 Å². The number of benzene rings is 2. The zero-order chi connectivity index (χ0) is 16.8. The van der Waals surface area contributed by atoms with E-state index in [0.717, 1.165) is 42.7 Å². The van der Waals surface area contributed by atoms with E-state index < -0.39 is 0 Å². The van der Waals surface area contributed by atoms with Gasteiger partial charge in [0.05, 0.1) is 0 Å². The van der Waals surface area contributed by atoms with Crippen LogP contribution in [0.4, 0.5) is 5.69 Å². The van der Waals surface area contributed by atoms with Crippen molar-refractivity contribution in [2.75, 3.05) is 5.32 Å². The molecule has 4 heteroatoms. The molecule has 0 heterocycles. The Morgan fingerprint density at radius 1 is 1.08 bits per heavy atom. The molecule has 0 aliphatic heterocycles. The quantitative estimate of drug-likeness (QED) is 0.881. The molecule has 1 saturated carbocycles. The average molecular weight is 324 g/mol. The molecule has 0 aromatic heterocycles. The third-order valence-electron chi connectivity index (χ3n) is 4.50. The van der Waals surface area contributed by atoms with E-state index in [9.17, 15) is 4.79 Å². The summed E-state index contributed by atoms with van der Waals surface area (Å²) >= 11 is 0. The maximum atomic E-state index is 12.5. The minimum Gasteiger partial charge on any atom is -0.489 e. The van der Waals surface area contributed by atoms with Gasteiger partial charge in [-0.1, -0.05) is 42.8 Å². The van der Waals surface area contributed by atoms with Crippen molar-refractivity contribution in [3.8, 4) is 5.75 Å². The number of nitrogens with one attached hydrogen (secondary N) is 1. The fourth-order valence-corrected chi connectivity index (χ4v) is 3.15. The van der Waals surface area contributed by atoms with E-state index in [1.807, 2.05) is 54.6 Å². The van der Waals surface area contributed by atoms with Gasteiger partial charge in [-0.2, -0.15) is 0 Å². The first kappa shape index (κ1) is 16.5. The van der Waals surface area contributed by atoms with E-state index >= 15 is 0 Å². The predicted molar refractivity (Wildman–Crippen MR) is 95.8 cm³/mol. The molecule has 2 aromatic carbocycles. The van der Waals surface area contributed by atoms with Gasteiger partial charge < -0.3 is 15.8 Å². The highest BCUT2D eigenvalue weighted by atomic mass is 16.5. The van der Waals surface area contributed by atoms with Crippen molar-refractivity contribution in [3.63, 3.8) is 0 Å². The van der Waals surface area contributed by atoms with Crippen LogP contribution in [0.15, 0.2) is 54.6 Å².